The van der Waals surface area contributed by atoms with E-state index >= 15 is 0 Å². The van der Waals surface area contributed by atoms with Crippen LogP contribution in [0.4, 0.5) is 0 Å². The molecule has 0 saturated heterocycles. The van der Waals surface area contributed by atoms with Gasteiger partial charge in [0.15, 0.2) is 0 Å². The molecule has 0 aliphatic rings. The van der Waals surface area contributed by atoms with Gasteiger partial charge in [-0.05, 0) is 19.4 Å². The van der Waals surface area contributed by atoms with Crippen molar-refractivity contribution in [2.45, 2.75) is 31.4 Å². The molecule has 0 heterocycles. The number of unbranched alkanes of at least 4 members (excludes halogenated alkanes) is 1. The molecule has 0 saturated carbocycles. The van der Waals surface area contributed by atoms with Crippen molar-refractivity contribution in [3.63, 3.8) is 0 Å². The molecule has 0 aromatic rings. The molecule has 0 aliphatic carbocycles. The quantitative estimate of drug-likeness (QED) is 0.0563. The molecule has 37 heavy (non-hydrogen) atoms. The molecule has 0 amide bonds. The molecule has 0 aliphatic heterocycles. The normalized spacial score (nSPS) is 13.1. The van der Waals surface area contributed by atoms with Gasteiger partial charge in [-0.15, -0.1) is 0 Å². The fourth-order valence-corrected chi connectivity index (χ4v) is 3.54. The molecule has 2 unspecified atom stereocenters. The number of hydrogen-bond donors (Lipinski definition) is 8. The Morgan fingerprint density at radius 3 is 1.46 bits per heavy atom. The number of carbonyl (C=O) groups is 5. The van der Waals surface area contributed by atoms with E-state index in [4.69, 9.17) is 25.5 Å². The van der Waals surface area contributed by atoms with Crippen LogP contribution in [0.3, 0.4) is 0 Å². The molecule has 0 radical (unpaired) electrons. The highest BCUT2D eigenvalue weighted by atomic mass is 16.4. The smallest absolute Gasteiger partial charge is 0.320 e. The first-order chi connectivity index (χ1) is 17.3. The maximum Gasteiger partial charge on any atom is 0.320 e. The number of aliphatic hydroxyl groups excluding tert-OH is 2. The number of rotatable bonds is 24. The third-order valence-corrected chi connectivity index (χ3v) is 5.24. The third-order valence-electron chi connectivity index (χ3n) is 5.24. The molecule has 0 aromatic heterocycles. The lowest BCUT2D eigenvalue weighted by Crippen LogP contribution is -2.50. The third kappa shape index (κ3) is 18.1. The van der Waals surface area contributed by atoms with Gasteiger partial charge in [0.1, 0.15) is 6.04 Å². The average molecular weight is 539 g/mol. The highest BCUT2D eigenvalue weighted by molar-refractivity contribution is 5.74. The highest BCUT2D eigenvalue weighted by Crippen LogP contribution is 2.11. The molecular weight excluding hydrogens is 500 g/mol. The summed E-state index contributed by atoms with van der Waals surface area (Å²) in [4.78, 5) is 60.1. The first-order valence-electron chi connectivity index (χ1n) is 11.6. The Morgan fingerprint density at radius 2 is 1.11 bits per heavy atom. The van der Waals surface area contributed by atoms with E-state index in [2.05, 4.69) is 5.32 Å². The highest BCUT2D eigenvalue weighted by Gasteiger charge is 2.27. The van der Waals surface area contributed by atoms with Crippen molar-refractivity contribution in [3.05, 3.63) is 0 Å². The standard InChI is InChI=1S/C21H38N4O12/c26-14-15(27)9-22-4-2-1-3-16(21(36)37)25(7-5-23(10-17(28)29)11-18(30)31)8-6-24(12-19(32)33)13-20(34)35/h15-16,22,26-27H,1-14H2,(H,28,29)(H,30,31)(H,32,33)(H,34,35)(H,36,37). The average Bonchev–Trinajstić information content (AvgIpc) is 2.76. The fourth-order valence-electron chi connectivity index (χ4n) is 3.54. The van der Waals surface area contributed by atoms with Crippen molar-refractivity contribution in [1.82, 2.24) is 20.0 Å². The zero-order valence-electron chi connectivity index (χ0n) is 20.6. The van der Waals surface area contributed by atoms with Crippen LogP contribution in [-0.2, 0) is 24.0 Å². The molecule has 0 fully saturated rings. The summed E-state index contributed by atoms with van der Waals surface area (Å²) in [6.07, 6.45) is 0.193. The Bertz CT molecular complexity index is 666. The van der Waals surface area contributed by atoms with Gasteiger partial charge in [0.05, 0.1) is 38.9 Å². The summed E-state index contributed by atoms with van der Waals surface area (Å²) in [7, 11) is 0. The SMILES string of the molecule is O=C(O)CN(CCN(CCN(CC(=O)O)CC(=O)O)C(CCCCNCC(O)CO)C(=O)O)CC(=O)O. The molecule has 0 rings (SSSR count). The Balaban J connectivity index is 5.41. The van der Waals surface area contributed by atoms with Crippen molar-refractivity contribution in [1.29, 1.82) is 0 Å². The summed E-state index contributed by atoms with van der Waals surface area (Å²) in [5, 5.41) is 67.1. The molecule has 16 heteroatoms. The van der Waals surface area contributed by atoms with E-state index in [0.717, 1.165) is 9.80 Å². The van der Waals surface area contributed by atoms with E-state index in [1.165, 1.54) is 4.90 Å². The first-order valence-corrected chi connectivity index (χ1v) is 11.6. The number of aliphatic hydroxyl groups is 2. The molecule has 214 valence electrons. The van der Waals surface area contributed by atoms with Crippen LogP contribution in [0.25, 0.3) is 0 Å². The summed E-state index contributed by atoms with van der Waals surface area (Å²) in [5.74, 6) is -6.27. The molecule has 16 nitrogen and oxygen atoms in total. The summed E-state index contributed by atoms with van der Waals surface area (Å²) in [6.45, 7) is -2.50. The van der Waals surface area contributed by atoms with Crippen molar-refractivity contribution in [2.24, 2.45) is 0 Å². The van der Waals surface area contributed by atoms with Crippen LogP contribution < -0.4 is 5.32 Å². The second kappa shape index (κ2) is 19.3. The van der Waals surface area contributed by atoms with Gasteiger partial charge in [-0.25, -0.2) is 0 Å². The molecule has 8 N–H and O–H groups in total. The van der Waals surface area contributed by atoms with Gasteiger partial charge in [-0.1, -0.05) is 6.42 Å². The predicted molar refractivity (Wildman–Crippen MR) is 126 cm³/mol. The minimum Gasteiger partial charge on any atom is -0.480 e. The lowest BCUT2D eigenvalue weighted by Gasteiger charge is -2.32. The zero-order chi connectivity index (χ0) is 28.4. The van der Waals surface area contributed by atoms with Gasteiger partial charge in [0.2, 0.25) is 0 Å². The van der Waals surface area contributed by atoms with Crippen LogP contribution in [0, 0.1) is 0 Å². The van der Waals surface area contributed by atoms with Crippen molar-refractivity contribution >= 4 is 29.8 Å². The monoisotopic (exact) mass is 538 g/mol. The number of nitrogens with one attached hydrogen (secondary N) is 1. The van der Waals surface area contributed by atoms with Gasteiger partial charge in [-0.2, -0.15) is 0 Å². The number of nitrogens with zero attached hydrogens (tertiary/aromatic N) is 3. The van der Waals surface area contributed by atoms with E-state index in [-0.39, 0.29) is 39.1 Å². The van der Waals surface area contributed by atoms with Crippen LogP contribution in [0.15, 0.2) is 0 Å². The minimum atomic E-state index is -1.27. The number of hydrogen-bond acceptors (Lipinski definition) is 11. The van der Waals surface area contributed by atoms with Crippen LogP contribution in [-0.4, -0.2) is 164 Å². The number of carboxylic acids is 5. The fraction of sp³-hybridized carbons (Fsp3) is 0.762. The molecule has 2 atom stereocenters. The van der Waals surface area contributed by atoms with E-state index in [1.54, 1.807) is 0 Å². The van der Waals surface area contributed by atoms with Crippen LogP contribution in [0.1, 0.15) is 19.3 Å². The lowest BCUT2D eigenvalue weighted by atomic mass is 10.1. The second-order valence-electron chi connectivity index (χ2n) is 8.42. The topological polar surface area (TPSA) is 249 Å². The van der Waals surface area contributed by atoms with E-state index < -0.39 is 74.8 Å². The largest absolute Gasteiger partial charge is 0.480 e. The van der Waals surface area contributed by atoms with E-state index in [1.807, 2.05) is 0 Å². The number of carboxylic acid groups (broad SMARTS) is 5. The Hall–Kier alpha value is -2.89. The van der Waals surface area contributed by atoms with Gasteiger partial charge >= 0.3 is 29.8 Å². The minimum absolute atomic E-state index is 0.0630. The van der Waals surface area contributed by atoms with Crippen LogP contribution in [0.5, 0.6) is 0 Å². The Kier molecular flexibility index (Phi) is 17.7. The summed E-state index contributed by atoms with van der Waals surface area (Å²) >= 11 is 0. The Morgan fingerprint density at radius 1 is 0.676 bits per heavy atom. The van der Waals surface area contributed by atoms with Crippen molar-refractivity contribution in [2.75, 3.05) is 72.1 Å². The predicted octanol–water partition coefficient (Wildman–Crippen LogP) is -3.20. The van der Waals surface area contributed by atoms with Gasteiger partial charge in [0, 0.05) is 32.7 Å². The maximum atomic E-state index is 12.1. The zero-order valence-corrected chi connectivity index (χ0v) is 20.6. The van der Waals surface area contributed by atoms with Crippen molar-refractivity contribution in [3.8, 4) is 0 Å². The summed E-state index contributed by atoms with van der Waals surface area (Å²) in [5.41, 5.74) is 0. The molecule has 0 aromatic carbocycles. The maximum absolute atomic E-state index is 12.1. The second-order valence-corrected chi connectivity index (χ2v) is 8.42. The molecule has 0 spiro atoms. The van der Waals surface area contributed by atoms with Gasteiger partial charge < -0.3 is 41.1 Å². The van der Waals surface area contributed by atoms with E-state index in [0.29, 0.717) is 19.4 Å². The lowest BCUT2D eigenvalue weighted by molar-refractivity contribution is -0.146. The van der Waals surface area contributed by atoms with Crippen LogP contribution in [0.2, 0.25) is 0 Å². The van der Waals surface area contributed by atoms with Crippen molar-refractivity contribution < 1.29 is 59.7 Å². The van der Waals surface area contributed by atoms with E-state index in [9.17, 15) is 34.2 Å². The summed E-state index contributed by atoms with van der Waals surface area (Å²) in [6, 6.07) is -1.09. The Labute approximate surface area is 213 Å². The van der Waals surface area contributed by atoms with Crippen LogP contribution >= 0.6 is 0 Å². The van der Waals surface area contributed by atoms with Gasteiger partial charge in [-0.3, -0.25) is 38.7 Å². The van der Waals surface area contributed by atoms with Gasteiger partial charge in [0.25, 0.3) is 0 Å². The number of aliphatic carboxylic acids is 5. The molecule has 0 bridgehead atoms. The first kappa shape index (κ1) is 34.1. The molecular formula is C21H38N4O12. The summed E-state index contributed by atoms with van der Waals surface area (Å²) < 4.78 is 0.